The molecule has 1 atom stereocenters. The third kappa shape index (κ3) is 4.47. The molecule has 0 bridgehead atoms. The Balaban J connectivity index is 1.46. The Hall–Kier alpha value is -3.72. The van der Waals surface area contributed by atoms with Crippen LogP contribution in [0.5, 0.6) is 11.6 Å². The van der Waals surface area contributed by atoms with E-state index in [2.05, 4.69) is 20.3 Å². The van der Waals surface area contributed by atoms with Crippen LogP contribution in [0.15, 0.2) is 48.8 Å². The number of hydrogen-bond donors (Lipinski definition) is 3. The highest BCUT2D eigenvalue weighted by atomic mass is 16.6. The largest absolute Gasteiger partial charge is 0.481 e. The van der Waals surface area contributed by atoms with Crippen LogP contribution >= 0.6 is 0 Å². The highest BCUT2D eigenvalue weighted by molar-refractivity contribution is 5.69. The molecule has 2 heterocycles. The minimum atomic E-state index is -0.918. The van der Waals surface area contributed by atoms with Crippen molar-refractivity contribution in [2.24, 2.45) is 0 Å². The second kappa shape index (κ2) is 8.75. The van der Waals surface area contributed by atoms with Gasteiger partial charge in [-0.05, 0) is 54.7 Å². The van der Waals surface area contributed by atoms with E-state index in [1.54, 1.807) is 31.6 Å². The maximum Gasteiger partial charge on any atom is 0.436 e. The summed E-state index contributed by atoms with van der Waals surface area (Å²) in [5.74, 6) is 1.47. The molecule has 0 saturated carbocycles. The van der Waals surface area contributed by atoms with Crippen LogP contribution in [-0.4, -0.2) is 39.4 Å². The molecule has 1 unspecified atom stereocenters. The van der Waals surface area contributed by atoms with Crippen LogP contribution in [0.1, 0.15) is 17.5 Å². The maximum absolute atomic E-state index is 11.2. The molecule has 2 aromatic heterocycles. The summed E-state index contributed by atoms with van der Waals surface area (Å²) in [5.41, 5.74) is 5.39. The second-order valence-electron chi connectivity index (χ2n) is 6.87. The van der Waals surface area contributed by atoms with Gasteiger partial charge < -0.3 is 14.8 Å². The molecule has 9 heteroatoms. The average Bonchev–Trinajstić information content (AvgIpc) is 2.79. The number of anilines is 1. The Morgan fingerprint density at radius 1 is 1.17 bits per heavy atom. The van der Waals surface area contributed by atoms with Crippen LogP contribution in [0.2, 0.25) is 0 Å². The van der Waals surface area contributed by atoms with Crippen LogP contribution in [0.25, 0.3) is 11.3 Å². The number of nitrogens with one attached hydrogen (secondary N) is 2. The van der Waals surface area contributed by atoms with Crippen molar-refractivity contribution in [2.45, 2.75) is 25.3 Å². The second-order valence-corrected chi connectivity index (χ2v) is 6.87. The Kier molecular flexibility index (Phi) is 5.71. The lowest BCUT2D eigenvalue weighted by atomic mass is 9.88. The molecule has 1 aromatic carbocycles. The summed E-state index contributed by atoms with van der Waals surface area (Å²) in [7, 11) is 1.58. The molecule has 3 N–H and O–H groups in total. The first kappa shape index (κ1) is 19.6. The number of carbonyl (C=O) groups is 1. The van der Waals surface area contributed by atoms with Gasteiger partial charge in [0.1, 0.15) is 5.75 Å². The molecule has 3 aromatic rings. The molecule has 9 nitrogen and oxygen atoms in total. The van der Waals surface area contributed by atoms with E-state index in [-0.39, 0.29) is 6.04 Å². The minimum Gasteiger partial charge on any atom is -0.481 e. The number of rotatable bonds is 5. The Morgan fingerprint density at radius 2 is 2.07 bits per heavy atom. The molecule has 4 rings (SSSR count). The number of amides is 1. The van der Waals surface area contributed by atoms with E-state index in [4.69, 9.17) is 14.7 Å². The number of aryl methyl sites for hydroxylation is 1. The number of hydrogen-bond acceptors (Lipinski definition) is 8. The number of benzene rings is 1. The summed E-state index contributed by atoms with van der Waals surface area (Å²) in [4.78, 5) is 24.4. The number of fused-ring (bicyclic) bond motifs is 1. The standard InChI is InChI=1S/C21H21N5O4/c1-29-19-7-4-14(12-23-19)18-8-9-22-20(25-18)24-16-5-2-13-3-6-17(11-15(13)10-16)30-21(27)26-28/h3-4,6-9,11-12,16,28H,2,5,10H2,1H3,(H,26,27)(H,22,24,25). The molecule has 1 aliphatic rings. The molecule has 0 aliphatic heterocycles. The van der Waals surface area contributed by atoms with E-state index in [0.717, 1.165) is 36.1 Å². The summed E-state index contributed by atoms with van der Waals surface area (Å²) in [6, 6.07) is 11.2. The van der Waals surface area contributed by atoms with E-state index in [9.17, 15) is 4.79 Å². The normalized spacial score (nSPS) is 15.1. The van der Waals surface area contributed by atoms with Gasteiger partial charge in [-0.1, -0.05) is 6.07 Å². The van der Waals surface area contributed by atoms with Gasteiger partial charge in [0, 0.05) is 30.1 Å². The van der Waals surface area contributed by atoms with Gasteiger partial charge in [0.2, 0.25) is 11.8 Å². The Bertz CT molecular complexity index is 1040. The lowest BCUT2D eigenvalue weighted by molar-refractivity contribution is 0.127. The van der Waals surface area contributed by atoms with Gasteiger partial charge in [0.15, 0.2) is 0 Å². The highest BCUT2D eigenvalue weighted by Crippen LogP contribution is 2.27. The maximum atomic E-state index is 11.2. The predicted octanol–water partition coefficient (Wildman–Crippen LogP) is 2.99. The van der Waals surface area contributed by atoms with E-state index >= 15 is 0 Å². The summed E-state index contributed by atoms with van der Waals surface area (Å²) in [5, 5.41) is 12.0. The Labute approximate surface area is 173 Å². The topological polar surface area (TPSA) is 118 Å². The van der Waals surface area contributed by atoms with Crippen molar-refractivity contribution in [2.75, 3.05) is 12.4 Å². The van der Waals surface area contributed by atoms with Gasteiger partial charge in [-0.2, -0.15) is 0 Å². The lowest BCUT2D eigenvalue weighted by Gasteiger charge is -2.26. The van der Waals surface area contributed by atoms with Gasteiger partial charge in [0.05, 0.1) is 12.8 Å². The van der Waals surface area contributed by atoms with Gasteiger partial charge in [-0.25, -0.2) is 25.2 Å². The number of nitrogens with zero attached hydrogens (tertiary/aromatic N) is 3. The van der Waals surface area contributed by atoms with Crippen molar-refractivity contribution in [3.05, 3.63) is 59.9 Å². The van der Waals surface area contributed by atoms with Crippen LogP contribution in [0.3, 0.4) is 0 Å². The molecular formula is C21H21N5O4. The van der Waals surface area contributed by atoms with Crippen molar-refractivity contribution in [3.8, 4) is 22.9 Å². The minimum absolute atomic E-state index is 0.142. The summed E-state index contributed by atoms with van der Waals surface area (Å²) >= 11 is 0. The first-order valence-corrected chi connectivity index (χ1v) is 9.48. The van der Waals surface area contributed by atoms with Crippen molar-refractivity contribution >= 4 is 12.0 Å². The first-order chi connectivity index (χ1) is 14.6. The number of aromatic nitrogens is 3. The monoisotopic (exact) mass is 407 g/mol. The van der Waals surface area contributed by atoms with Gasteiger partial charge in [-0.15, -0.1) is 0 Å². The number of ether oxygens (including phenoxy) is 2. The Morgan fingerprint density at radius 3 is 2.83 bits per heavy atom. The first-order valence-electron chi connectivity index (χ1n) is 9.48. The van der Waals surface area contributed by atoms with Crippen LogP contribution in [0.4, 0.5) is 10.7 Å². The smallest absolute Gasteiger partial charge is 0.436 e. The van der Waals surface area contributed by atoms with Gasteiger partial charge in [0.25, 0.3) is 0 Å². The van der Waals surface area contributed by atoms with E-state index < -0.39 is 6.09 Å². The van der Waals surface area contributed by atoms with Crippen molar-refractivity contribution in [1.82, 2.24) is 20.4 Å². The molecule has 30 heavy (non-hydrogen) atoms. The van der Waals surface area contributed by atoms with E-state index in [0.29, 0.717) is 17.6 Å². The summed E-state index contributed by atoms with van der Waals surface area (Å²) in [6.45, 7) is 0. The molecular weight excluding hydrogens is 386 g/mol. The molecule has 0 radical (unpaired) electrons. The van der Waals surface area contributed by atoms with Crippen molar-refractivity contribution in [1.29, 1.82) is 0 Å². The summed E-state index contributed by atoms with van der Waals surface area (Å²) < 4.78 is 10.1. The zero-order chi connectivity index (χ0) is 20.9. The fraction of sp³-hybridized carbons (Fsp3) is 0.238. The fourth-order valence-corrected chi connectivity index (χ4v) is 3.47. The number of carbonyl (C=O) groups excluding carboxylic acids is 1. The van der Waals surface area contributed by atoms with Crippen molar-refractivity contribution in [3.63, 3.8) is 0 Å². The zero-order valence-corrected chi connectivity index (χ0v) is 16.3. The third-order valence-electron chi connectivity index (χ3n) is 4.94. The predicted molar refractivity (Wildman–Crippen MR) is 109 cm³/mol. The molecule has 1 amide bonds. The SMILES string of the molecule is COc1ccc(-c2ccnc(NC3CCc4ccc(OC(=O)NO)cc4C3)n2)cn1. The zero-order valence-electron chi connectivity index (χ0n) is 16.3. The van der Waals surface area contributed by atoms with E-state index in [1.165, 1.54) is 11.0 Å². The number of pyridine rings is 1. The van der Waals surface area contributed by atoms with Gasteiger partial charge >= 0.3 is 6.09 Å². The molecule has 1 aliphatic carbocycles. The lowest BCUT2D eigenvalue weighted by Crippen LogP contribution is -2.28. The van der Waals surface area contributed by atoms with Crippen LogP contribution in [-0.2, 0) is 12.8 Å². The number of hydroxylamine groups is 1. The number of methoxy groups -OCH3 is 1. The molecule has 0 saturated heterocycles. The van der Waals surface area contributed by atoms with Gasteiger partial charge in [-0.3, -0.25) is 5.21 Å². The van der Waals surface area contributed by atoms with Crippen LogP contribution in [0, 0.1) is 0 Å². The quantitative estimate of drug-likeness (QED) is 0.436. The molecule has 0 fully saturated rings. The molecule has 154 valence electrons. The highest BCUT2D eigenvalue weighted by Gasteiger charge is 2.20. The van der Waals surface area contributed by atoms with Crippen molar-refractivity contribution < 1.29 is 19.5 Å². The average molecular weight is 407 g/mol. The van der Waals surface area contributed by atoms with Crippen LogP contribution < -0.4 is 20.3 Å². The third-order valence-corrected chi connectivity index (χ3v) is 4.94. The van der Waals surface area contributed by atoms with E-state index in [1.807, 2.05) is 24.3 Å². The fourth-order valence-electron chi connectivity index (χ4n) is 3.47. The summed E-state index contributed by atoms with van der Waals surface area (Å²) in [6.07, 6.45) is 5.07. The molecule has 0 spiro atoms.